The first-order chi connectivity index (χ1) is 7.34. The van der Waals surface area contributed by atoms with Crippen LogP contribution in [0, 0.1) is 0 Å². The fourth-order valence-electron chi connectivity index (χ4n) is 2.38. The second-order valence-corrected chi connectivity index (χ2v) is 4.71. The molecule has 1 saturated carbocycles. The Morgan fingerprint density at radius 3 is 2.93 bits per heavy atom. The summed E-state index contributed by atoms with van der Waals surface area (Å²) in [4.78, 5) is 0. The van der Waals surface area contributed by atoms with E-state index >= 15 is 0 Å². The Hall–Kier alpha value is -1.02. The van der Waals surface area contributed by atoms with Crippen molar-refractivity contribution >= 4 is 0 Å². The lowest BCUT2D eigenvalue weighted by Gasteiger charge is -2.20. The Kier molecular flexibility index (Phi) is 1.99. The highest BCUT2D eigenvalue weighted by Crippen LogP contribution is 2.48. The molecule has 2 nitrogen and oxygen atoms in total. The number of rotatable bonds is 2. The van der Waals surface area contributed by atoms with Crippen LogP contribution in [0.4, 0.5) is 0 Å². The molecule has 2 heteroatoms. The van der Waals surface area contributed by atoms with Crippen LogP contribution >= 0.6 is 0 Å². The van der Waals surface area contributed by atoms with E-state index in [-0.39, 0.29) is 12.0 Å². The molecule has 15 heavy (non-hydrogen) atoms. The van der Waals surface area contributed by atoms with Crippen LogP contribution in [0.25, 0.3) is 0 Å². The molecule has 80 valence electrons. The number of aliphatic hydroxyl groups is 1. The van der Waals surface area contributed by atoms with Crippen LogP contribution in [0.3, 0.4) is 0 Å². The molecule has 0 unspecified atom stereocenters. The third kappa shape index (κ3) is 1.44. The molecule has 3 rings (SSSR count). The molecule has 0 aromatic heterocycles. The van der Waals surface area contributed by atoms with Gasteiger partial charge in [-0.1, -0.05) is 12.1 Å². The highest BCUT2D eigenvalue weighted by molar-refractivity contribution is 5.43. The average Bonchev–Trinajstić information content (AvgIpc) is 3.09. The van der Waals surface area contributed by atoms with Gasteiger partial charge in [0.1, 0.15) is 5.75 Å². The van der Waals surface area contributed by atoms with Crippen LogP contribution in [0.15, 0.2) is 18.2 Å². The van der Waals surface area contributed by atoms with Gasteiger partial charge in [0.05, 0.1) is 13.2 Å². The molecule has 0 spiro atoms. The molecule has 1 aliphatic carbocycles. The van der Waals surface area contributed by atoms with E-state index in [0.29, 0.717) is 0 Å². The van der Waals surface area contributed by atoms with Gasteiger partial charge in [-0.05, 0) is 42.9 Å². The molecule has 0 atom stereocenters. The summed E-state index contributed by atoms with van der Waals surface area (Å²) in [6.07, 6.45) is 4.49. The number of benzene rings is 1. The minimum absolute atomic E-state index is 0.0898. The van der Waals surface area contributed by atoms with Crippen LogP contribution in [0.5, 0.6) is 5.75 Å². The second kappa shape index (κ2) is 3.24. The second-order valence-electron chi connectivity index (χ2n) is 4.71. The van der Waals surface area contributed by atoms with Crippen molar-refractivity contribution in [1.82, 2.24) is 0 Å². The molecule has 1 N–H and O–H groups in total. The van der Waals surface area contributed by atoms with Gasteiger partial charge in [0.2, 0.25) is 0 Å². The summed E-state index contributed by atoms with van der Waals surface area (Å²) in [6.45, 7) is 1.13. The number of hydrogen-bond donors (Lipinski definition) is 1. The smallest absolute Gasteiger partial charge is 0.122 e. The Bertz CT molecular complexity index is 380. The molecule has 2 aliphatic rings. The number of hydrogen-bond acceptors (Lipinski definition) is 2. The molecule has 1 aromatic carbocycles. The summed E-state index contributed by atoms with van der Waals surface area (Å²) in [5.41, 5.74) is 2.71. The monoisotopic (exact) mass is 204 g/mol. The number of ether oxygens (including phenoxy) is 1. The van der Waals surface area contributed by atoms with Gasteiger partial charge in [0, 0.05) is 5.41 Å². The maximum Gasteiger partial charge on any atom is 0.122 e. The maximum atomic E-state index is 9.38. The quantitative estimate of drug-likeness (QED) is 0.798. The largest absolute Gasteiger partial charge is 0.493 e. The van der Waals surface area contributed by atoms with Gasteiger partial charge < -0.3 is 9.84 Å². The predicted octanol–water partition coefficient (Wildman–Crippen LogP) is 2.04. The highest BCUT2D eigenvalue weighted by Gasteiger charge is 2.43. The van der Waals surface area contributed by atoms with E-state index in [0.717, 1.165) is 38.0 Å². The molecule has 1 heterocycles. The highest BCUT2D eigenvalue weighted by atomic mass is 16.5. The summed E-state index contributed by atoms with van der Waals surface area (Å²) in [7, 11) is 0. The molecule has 1 fully saturated rings. The molecule has 1 aliphatic heterocycles. The lowest BCUT2D eigenvalue weighted by Crippen LogP contribution is -2.14. The van der Waals surface area contributed by atoms with E-state index in [1.807, 2.05) is 0 Å². The van der Waals surface area contributed by atoms with Gasteiger partial charge >= 0.3 is 0 Å². The number of aliphatic hydroxyl groups excluding tert-OH is 1. The molecular weight excluding hydrogens is 188 g/mol. The van der Waals surface area contributed by atoms with Gasteiger partial charge in [0.15, 0.2) is 0 Å². The molecule has 0 bridgehead atoms. The maximum absolute atomic E-state index is 9.38. The van der Waals surface area contributed by atoms with Gasteiger partial charge in [-0.25, -0.2) is 0 Å². The van der Waals surface area contributed by atoms with Crippen LogP contribution < -0.4 is 4.74 Å². The lowest BCUT2D eigenvalue weighted by atomic mass is 9.93. The Labute approximate surface area is 89.9 Å². The van der Waals surface area contributed by atoms with Crippen molar-refractivity contribution in [2.75, 3.05) is 13.2 Å². The van der Waals surface area contributed by atoms with E-state index in [1.165, 1.54) is 11.1 Å². The van der Waals surface area contributed by atoms with Crippen LogP contribution in [0.2, 0.25) is 0 Å². The minimum Gasteiger partial charge on any atom is -0.493 e. The van der Waals surface area contributed by atoms with Crippen LogP contribution in [0.1, 0.15) is 30.4 Å². The van der Waals surface area contributed by atoms with Crippen molar-refractivity contribution < 1.29 is 9.84 Å². The van der Waals surface area contributed by atoms with Crippen LogP contribution in [-0.4, -0.2) is 18.3 Å². The Morgan fingerprint density at radius 1 is 1.33 bits per heavy atom. The van der Waals surface area contributed by atoms with E-state index < -0.39 is 0 Å². The number of fused-ring (bicyclic) bond motifs is 1. The van der Waals surface area contributed by atoms with E-state index in [1.54, 1.807) is 0 Å². The van der Waals surface area contributed by atoms with Gasteiger partial charge in [-0.2, -0.15) is 0 Å². The molecule has 1 aromatic rings. The first kappa shape index (κ1) is 9.22. The zero-order valence-electron chi connectivity index (χ0n) is 8.83. The molecule has 0 radical (unpaired) electrons. The van der Waals surface area contributed by atoms with Gasteiger partial charge in [0.25, 0.3) is 0 Å². The lowest BCUT2D eigenvalue weighted by molar-refractivity contribution is 0.254. The summed E-state index contributed by atoms with van der Waals surface area (Å²) >= 11 is 0. The standard InChI is InChI=1S/C13H16O2/c14-9-13(5-6-13)11-3-4-12-10(8-11)2-1-7-15-12/h3-4,8,14H,1-2,5-7,9H2. The summed E-state index contributed by atoms with van der Waals surface area (Å²) in [5, 5.41) is 9.38. The number of aryl methyl sites for hydroxylation is 1. The van der Waals surface area contributed by atoms with Crippen molar-refractivity contribution in [2.45, 2.75) is 31.1 Å². The van der Waals surface area contributed by atoms with E-state index in [9.17, 15) is 5.11 Å². The topological polar surface area (TPSA) is 29.5 Å². The zero-order chi connectivity index (χ0) is 10.3. The predicted molar refractivity (Wildman–Crippen MR) is 58.3 cm³/mol. The van der Waals surface area contributed by atoms with Crippen molar-refractivity contribution in [2.24, 2.45) is 0 Å². The third-order valence-corrected chi connectivity index (χ3v) is 3.68. The first-order valence-electron chi connectivity index (χ1n) is 5.71. The Balaban J connectivity index is 1.97. The fourth-order valence-corrected chi connectivity index (χ4v) is 2.38. The third-order valence-electron chi connectivity index (χ3n) is 3.68. The van der Waals surface area contributed by atoms with Gasteiger partial charge in [-0.15, -0.1) is 0 Å². The zero-order valence-corrected chi connectivity index (χ0v) is 8.83. The normalized spacial score (nSPS) is 21.7. The van der Waals surface area contributed by atoms with Crippen molar-refractivity contribution in [3.63, 3.8) is 0 Å². The average molecular weight is 204 g/mol. The summed E-state index contributed by atoms with van der Waals surface area (Å²) in [6, 6.07) is 6.42. The molecule has 0 saturated heterocycles. The summed E-state index contributed by atoms with van der Waals surface area (Å²) in [5.74, 6) is 1.04. The first-order valence-corrected chi connectivity index (χ1v) is 5.71. The van der Waals surface area contributed by atoms with Crippen LogP contribution in [-0.2, 0) is 11.8 Å². The molecular formula is C13H16O2. The minimum atomic E-state index is 0.0898. The SMILES string of the molecule is OCC1(c2ccc3c(c2)CCCO3)CC1. The Morgan fingerprint density at radius 2 is 2.20 bits per heavy atom. The summed E-state index contributed by atoms with van der Waals surface area (Å²) < 4.78 is 5.58. The van der Waals surface area contributed by atoms with E-state index in [2.05, 4.69) is 18.2 Å². The van der Waals surface area contributed by atoms with Crippen molar-refractivity contribution in [3.8, 4) is 5.75 Å². The van der Waals surface area contributed by atoms with Crippen molar-refractivity contribution in [1.29, 1.82) is 0 Å². The van der Waals surface area contributed by atoms with Crippen molar-refractivity contribution in [3.05, 3.63) is 29.3 Å². The van der Waals surface area contributed by atoms with Gasteiger partial charge in [-0.3, -0.25) is 0 Å². The van der Waals surface area contributed by atoms with E-state index in [4.69, 9.17) is 4.74 Å². The molecule has 0 amide bonds. The fraction of sp³-hybridized carbons (Fsp3) is 0.538.